The third kappa shape index (κ3) is 4.14. The van der Waals surface area contributed by atoms with Gasteiger partial charge in [-0.3, -0.25) is 4.90 Å². The minimum Gasteiger partial charge on any atom is -0.379 e. The fourth-order valence-corrected chi connectivity index (χ4v) is 3.63. The van der Waals surface area contributed by atoms with Crippen LogP contribution in [-0.2, 0) is 11.3 Å². The Balaban J connectivity index is 1.46. The summed E-state index contributed by atoms with van der Waals surface area (Å²) in [5, 5.41) is 18.7. The second kappa shape index (κ2) is 8.17. The van der Waals surface area contributed by atoms with Crippen LogP contribution < -0.4 is 10.8 Å². The normalized spacial score (nSPS) is 14.8. The van der Waals surface area contributed by atoms with E-state index >= 15 is 0 Å². The number of aromatic amines is 1. The summed E-state index contributed by atoms with van der Waals surface area (Å²) in [7, 11) is 2.06. The van der Waals surface area contributed by atoms with E-state index in [1.165, 1.54) is 5.46 Å². The lowest BCUT2D eigenvalue weighted by atomic mass is 9.95. The maximum absolute atomic E-state index is 5.46. The van der Waals surface area contributed by atoms with E-state index in [-0.39, 0.29) is 0 Å². The Morgan fingerprint density at radius 1 is 1.13 bits per heavy atom. The predicted molar refractivity (Wildman–Crippen MR) is 117 cm³/mol. The van der Waals surface area contributed by atoms with Crippen molar-refractivity contribution >= 4 is 35.8 Å². The van der Waals surface area contributed by atoms with Crippen LogP contribution >= 0.6 is 0 Å². The van der Waals surface area contributed by atoms with Gasteiger partial charge in [-0.1, -0.05) is 17.6 Å². The number of hydrogen-bond acceptors (Lipinski definition) is 8. The quantitative estimate of drug-likeness (QED) is 0.471. The molecule has 1 saturated heterocycles. The van der Waals surface area contributed by atoms with Crippen LogP contribution in [0.25, 0.3) is 22.3 Å². The summed E-state index contributed by atoms with van der Waals surface area (Å²) < 4.78 is 5.46. The van der Waals surface area contributed by atoms with Gasteiger partial charge in [0.05, 0.1) is 18.7 Å². The summed E-state index contributed by atoms with van der Waals surface area (Å²) in [4.78, 5) is 11.5. The standard InChI is InChI=1S/C20H21BN8O/c21-16-1-2-18-15(9-16)11-22-20(24-18)23-17-8-13(12-29-3-5-30-6-4-29)7-14(10-17)19-25-27-28-26-19/h1-2,7-11H,3-6,12,21H2,(H,22,23,24)(H,25,26,27,28). The molecule has 10 heteroatoms. The Labute approximate surface area is 174 Å². The Kier molecular flexibility index (Phi) is 5.08. The number of rotatable bonds is 5. The lowest BCUT2D eigenvalue weighted by molar-refractivity contribution is 0.0342. The van der Waals surface area contributed by atoms with Crippen LogP contribution in [-0.4, -0.2) is 69.6 Å². The molecule has 0 aliphatic carbocycles. The summed E-state index contributed by atoms with van der Waals surface area (Å²) in [6.45, 7) is 4.20. The van der Waals surface area contributed by atoms with Crippen LogP contribution in [0.15, 0.2) is 42.6 Å². The summed E-state index contributed by atoms with van der Waals surface area (Å²) >= 11 is 0. The molecule has 4 aromatic rings. The minimum absolute atomic E-state index is 0.552. The number of fused-ring (bicyclic) bond motifs is 1. The lowest BCUT2D eigenvalue weighted by Gasteiger charge is -2.26. The van der Waals surface area contributed by atoms with Gasteiger partial charge < -0.3 is 10.1 Å². The van der Waals surface area contributed by atoms with Gasteiger partial charge in [0.2, 0.25) is 5.95 Å². The van der Waals surface area contributed by atoms with Gasteiger partial charge in [0.1, 0.15) is 7.85 Å². The Morgan fingerprint density at radius 2 is 2.03 bits per heavy atom. The number of morpholine rings is 1. The predicted octanol–water partition coefficient (Wildman–Crippen LogP) is 0.644. The van der Waals surface area contributed by atoms with Crippen molar-refractivity contribution in [2.75, 3.05) is 31.6 Å². The van der Waals surface area contributed by atoms with Gasteiger partial charge in [-0.25, -0.2) is 15.1 Å². The van der Waals surface area contributed by atoms with E-state index in [0.29, 0.717) is 11.8 Å². The minimum atomic E-state index is 0.552. The van der Waals surface area contributed by atoms with Gasteiger partial charge in [-0.2, -0.15) is 0 Å². The van der Waals surface area contributed by atoms with Crippen molar-refractivity contribution in [3.8, 4) is 11.4 Å². The van der Waals surface area contributed by atoms with E-state index in [4.69, 9.17) is 4.74 Å². The van der Waals surface area contributed by atoms with Crippen molar-refractivity contribution in [2.45, 2.75) is 6.54 Å². The number of hydrogen-bond donors (Lipinski definition) is 2. The molecule has 9 nitrogen and oxygen atoms in total. The van der Waals surface area contributed by atoms with Crippen molar-refractivity contribution < 1.29 is 4.74 Å². The first-order chi connectivity index (χ1) is 14.7. The molecule has 0 saturated carbocycles. The summed E-state index contributed by atoms with van der Waals surface area (Å²) in [6, 6.07) is 12.4. The highest BCUT2D eigenvalue weighted by Gasteiger charge is 2.14. The van der Waals surface area contributed by atoms with Gasteiger partial charge in [0.25, 0.3) is 0 Å². The fraction of sp³-hybridized carbons (Fsp3) is 0.250. The average Bonchev–Trinajstić information content (AvgIpc) is 3.30. The molecular weight excluding hydrogens is 379 g/mol. The van der Waals surface area contributed by atoms with E-state index in [1.807, 2.05) is 18.3 Å². The highest BCUT2D eigenvalue weighted by molar-refractivity contribution is 6.33. The van der Waals surface area contributed by atoms with Crippen molar-refractivity contribution in [1.29, 1.82) is 0 Å². The zero-order chi connectivity index (χ0) is 20.3. The van der Waals surface area contributed by atoms with Crippen molar-refractivity contribution in [3.05, 3.63) is 48.2 Å². The lowest BCUT2D eigenvalue weighted by Crippen LogP contribution is -2.35. The van der Waals surface area contributed by atoms with Gasteiger partial charge in [0, 0.05) is 42.5 Å². The van der Waals surface area contributed by atoms with Crippen LogP contribution in [0.5, 0.6) is 0 Å². The number of H-pyrrole nitrogens is 1. The Morgan fingerprint density at radius 3 is 2.87 bits per heavy atom. The van der Waals surface area contributed by atoms with Gasteiger partial charge >= 0.3 is 0 Å². The maximum atomic E-state index is 5.46. The first-order valence-electron chi connectivity index (χ1n) is 9.91. The van der Waals surface area contributed by atoms with Gasteiger partial charge in [-0.05, 0) is 40.3 Å². The maximum Gasteiger partial charge on any atom is 0.227 e. The molecular formula is C20H21BN8O. The van der Waals surface area contributed by atoms with E-state index in [1.54, 1.807) is 0 Å². The molecule has 0 atom stereocenters. The second-order valence-electron chi connectivity index (χ2n) is 7.44. The monoisotopic (exact) mass is 400 g/mol. The van der Waals surface area contributed by atoms with Crippen LogP contribution in [0.1, 0.15) is 5.56 Å². The summed E-state index contributed by atoms with van der Waals surface area (Å²) in [5.74, 6) is 1.17. The number of nitrogens with zero attached hydrogens (tertiary/aromatic N) is 6. The molecule has 1 aliphatic rings. The highest BCUT2D eigenvalue weighted by Crippen LogP contribution is 2.25. The number of anilines is 2. The van der Waals surface area contributed by atoms with Crippen molar-refractivity contribution in [3.63, 3.8) is 0 Å². The zero-order valence-electron chi connectivity index (χ0n) is 16.7. The molecule has 1 fully saturated rings. The van der Waals surface area contributed by atoms with Crippen LogP contribution in [0.2, 0.25) is 0 Å². The molecule has 1 aliphatic heterocycles. The zero-order valence-corrected chi connectivity index (χ0v) is 16.7. The largest absolute Gasteiger partial charge is 0.379 e. The molecule has 0 bridgehead atoms. The number of ether oxygens (including phenoxy) is 1. The third-order valence-electron chi connectivity index (χ3n) is 5.11. The average molecular weight is 400 g/mol. The fourth-order valence-electron chi connectivity index (χ4n) is 3.63. The number of aromatic nitrogens is 6. The Hall–Kier alpha value is -3.37. The Bertz CT molecular complexity index is 1160. The molecule has 2 aromatic heterocycles. The molecule has 2 aromatic carbocycles. The van der Waals surface area contributed by atoms with E-state index in [2.05, 4.69) is 72.9 Å². The smallest absolute Gasteiger partial charge is 0.227 e. The SMILES string of the molecule is Bc1ccc2nc(Nc3cc(CN4CCOCC4)cc(-c4nnn[nH]4)c3)ncc2c1. The molecule has 0 unspecified atom stereocenters. The highest BCUT2D eigenvalue weighted by atomic mass is 16.5. The number of benzene rings is 2. The number of nitrogens with one attached hydrogen (secondary N) is 2. The first kappa shape index (κ1) is 18.7. The van der Waals surface area contributed by atoms with E-state index in [9.17, 15) is 0 Å². The van der Waals surface area contributed by atoms with Crippen molar-refractivity contribution in [1.82, 2.24) is 35.5 Å². The molecule has 0 radical (unpaired) electrons. The second-order valence-corrected chi connectivity index (χ2v) is 7.44. The van der Waals surface area contributed by atoms with Crippen LogP contribution in [0, 0.1) is 0 Å². The third-order valence-corrected chi connectivity index (χ3v) is 5.11. The molecule has 5 rings (SSSR count). The van der Waals surface area contributed by atoms with Crippen LogP contribution in [0.3, 0.4) is 0 Å². The summed E-state index contributed by atoms with van der Waals surface area (Å²) in [5.41, 5.74) is 5.04. The molecule has 150 valence electrons. The molecule has 2 N–H and O–H groups in total. The number of tetrazole rings is 1. The molecule has 30 heavy (non-hydrogen) atoms. The van der Waals surface area contributed by atoms with Gasteiger partial charge in [-0.15, -0.1) is 5.10 Å². The van der Waals surface area contributed by atoms with Crippen LogP contribution in [0.4, 0.5) is 11.6 Å². The topological polar surface area (TPSA) is 105 Å². The van der Waals surface area contributed by atoms with Gasteiger partial charge in [0.15, 0.2) is 5.82 Å². The van der Waals surface area contributed by atoms with E-state index < -0.39 is 0 Å². The van der Waals surface area contributed by atoms with Crippen molar-refractivity contribution in [2.24, 2.45) is 0 Å². The summed E-state index contributed by atoms with van der Waals surface area (Å²) in [6.07, 6.45) is 1.84. The molecule has 3 heterocycles. The van der Waals surface area contributed by atoms with E-state index in [0.717, 1.165) is 60.6 Å². The molecule has 0 amide bonds. The molecule has 0 spiro atoms. The first-order valence-corrected chi connectivity index (χ1v) is 9.91.